The summed E-state index contributed by atoms with van der Waals surface area (Å²) in [6.45, 7) is 0.0829. The number of nitrogens with zero attached hydrogens (tertiary/aromatic N) is 1. The van der Waals surface area contributed by atoms with Crippen molar-refractivity contribution in [1.82, 2.24) is 0 Å². The fraction of sp³-hybridized carbons (Fsp3) is 0.278. The van der Waals surface area contributed by atoms with E-state index in [1.54, 1.807) is 0 Å². The highest BCUT2D eigenvalue weighted by Crippen LogP contribution is 2.37. The highest BCUT2D eigenvalue weighted by atomic mass is 32.2. The molecule has 8 nitrogen and oxygen atoms in total. The van der Waals surface area contributed by atoms with E-state index in [-0.39, 0.29) is 23.5 Å². The summed E-state index contributed by atoms with van der Waals surface area (Å²) >= 11 is 0. The summed E-state index contributed by atoms with van der Waals surface area (Å²) in [7, 11) is -6.79. The molecule has 156 valence electrons. The van der Waals surface area contributed by atoms with Gasteiger partial charge in [0.1, 0.15) is 10.7 Å². The lowest BCUT2D eigenvalue weighted by Gasteiger charge is -2.31. The third-order valence-corrected chi connectivity index (χ3v) is 6.84. The van der Waals surface area contributed by atoms with Gasteiger partial charge in [-0.1, -0.05) is 6.07 Å². The molecule has 1 aliphatic heterocycles. The Hall–Kier alpha value is -2.66. The number of anilines is 2. The maximum atomic E-state index is 14.4. The van der Waals surface area contributed by atoms with Crippen LogP contribution in [0.4, 0.5) is 15.8 Å². The molecule has 0 radical (unpaired) electrons. The number of esters is 1. The number of hydrogen-bond donors (Lipinski definition) is 1. The van der Waals surface area contributed by atoms with Crippen molar-refractivity contribution < 1.29 is 30.8 Å². The fourth-order valence-corrected chi connectivity index (χ4v) is 5.42. The Bertz CT molecular complexity index is 1180. The lowest BCUT2D eigenvalue weighted by atomic mass is 10.0. The smallest absolute Gasteiger partial charge is 0.337 e. The van der Waals surface area contributed by atoms with E-state index in [0.717, 1.165) is 35.9 Å². The molecule has 0 bridgehead atoms. The van der Waals surface area contributed by atoms with Gasteiger partial charge in [0.05, 0.1) is 30.3 Å². The summed E-state index contributed by atoms with van der Waals surface area (Å²) in [4.78, 5) is 11.1. The first-order chi connectivity index (χ1) is 13.5. The van der Waals surface area contributed by atoms with Gasteiger partial charge in [0.15, 0.2) is 0 Å². The second-order valence-electron chi connectivity index (χ2n) is 6.49. The molecular formula is C18H19FN2O6S2. The minimum Gasteiger partial charge on any atom is -0.465 e. The number of methoxy groups -OCH3 is 1. The molecule has 29 heavy (non-hydrogen) atoms. The number of rotatable bonds is 5. The van der Waals surface area contributed by atoms with Gasteiger partial charge in [-0.05, 0) is 43.2 Å². The summed E-state index contributed by atoms with van der Waals surface area (Å²) in [5, 5.41) is 0. The van der Waals surface area contributed by atoms with Gasteiger partial charge < -0.3 is 4.74 Å². The number of halogens is 1. The number of fused-ring (bicyclic) bond motifs is 1. The Morgan fingerprint density at radius 2 is 1.90 bits per heavy atom. The van der Waals surface area contributed by atoms with E-state index in [2.05, 4.69) is 9.46 Å². The van der Waals surface area contributed by atoms with Crippen LogP contribution in [0.1, 0.15) is 22.3 Å². The van der Waals surface area contributed by atoms with Crippen molar-refractivity contribution in [3.63, 3.8) is 0 Å². The SMILES string of the molecule is COC(=O)c1ccc(F)c(S(=O)(=O)N2CCCc3c(NS(C)(=O)=O)cccc32)c1. The van der Waals surface area contributed by atoms with Crippen LogP contribution in [0.2, 0.25) is 0 Å². The van der Waals surface area contributed by atoms with Crippen LogP contribution >= 0.6 is 0 Å². The Labute approximate surface area is 168 Å². The van der Waals surface area contributed by atoms with E-state index in [9.17, 15) is 26.0 Å². The maximum absolute atomic E-state index is 14.4. The number of ether oxygens (including phenoxy) is 1. The summed E-state index contributed by atoms with van der Waals surface area (Å²) < 4.78 is 72.1. The van der Waals surface area contributed by atoms with Crippen molar-refractivity contribution in [2.24, 2.45) is 0 Å². The number of carbonyl (C=O) groups excluding carboxylic acids is 1. The van der Waals surface area contributed by atoms with Gasteiger partial charge >= 0.3 is 5.97 Å². The van der Waals surface area contributed by atoms with Gasteiger partial charge in [-0.3, -0.25) is 9.03 Å². The van der Waals surface area contributed by atoms with Crippen LogP contribution in [0.25, 0.3) is 0 Å². The molecule has 0 atom stereocenters. The van der Waals surface area contributed by atoms with Gasteiger partial charge in [-0.2, -0.15) is 0 Å². The minimum absolute atomic E-state index is 0.0829. The van der Waals surface area contributed by atoms with Gasteiger partial charge in [0.25, 0.3) is 10.0 Å². The lowest BCUT2D eigenvalue weighted by Crippen LogP contribution is -2.36. The first-order valence-electron chi connectivity index (χ1n) is 8.55. The summed E-state index contributed by atoms with van der Waals surface area (Å²) in [5.74, 6) is -1.80. The minimum atomic E-state index is -4.36. The first-order valence-corrected chi connectivity index (χ1v) is 11.9. The molecule has 11 heteroatoms. The third kappa shape index (κ3) is 4.20. The van der Waals surface area contributed by atoms with E-state index < -0.39 is 36.7 Å². The second-order valence-corrected chi connectivity index (χ2v) is 10.1. The Kier molecular flexibility index (Phi) is 5.54. The highest BCUT2D eigenvalue weighted by molar-refractivity contribution is 7.93. The molecule has 0 spiro atoms. The predicted molar refractivity (Wildman–Crippen MR) is 106 cm³/mol. The molecular weight excluding hydrogens is 423 g/mol. The molecule has 3 rings (SSSR count). The number of sulfonamides is 2. The van der Waals surface area contributed by atoms with Crippen LogP contribution in [0.5, 0.6) is 0 Å². The zero-order valence-electron chi connectivity index (χ0n) is 15.7. The first kappa shape index (κ1) is 21.1. The summed E-state index contributed by atoms with van der Waals surface area (Å²) in [6.07, 6.45) is 1.86. The van der Waals surface area contributed by atoms with E-state index >= 15 is 0 Å². The van der Waals surface area contributed by atoms with Crippen LogP contribution in [0.15, 0.2) is 41.3 Å². The summed E-state index contributed by atoms with van der Waals surface area (Å²) in [6, 6.07) is 7.55. The fourth-order valence-electron chi connectivity index (χ4n) is 3.20. The molecule has 0 saturated heterocycles. The molecule has 1 aliphatic rings. The van der Waals surface area contributed by atoms with Crippen molar-refractivity contribution in [3.8, 4) is 0 Å². The molecule has 0 amide bonds. The zero-order valence-corrected chi connectivity index (χ0v) is 17.3. The third-order valence-electron chi connectivity index (χ3n) is 4.42. The predicted octanol–water partition coefficient (Wildman–Crippen LogP) is 2.13. The molecule has 0 fully saturated rings. The van der Waals surface area contributed by atoms with Crippen LogP contribution in [-0.2, 0) is 31.2 Å². The van der Waals surface area contributed by atoms with Crippen molar-refractivity contribution >= 4 is 37.4 Å². The molecule has 2 aromatic rings. The highest BCUT2D eigenvalue weighted by Gasteiger charge is 2.33. The molecule has 1 N–H and O–H groups in total. The number of carbonyl (C=O) groups is 1. The summed E-state index contributed by atoms with van der Waals surface area (Å²) in [5.41, 5.74) is 0.927. The van der Waals surface area contributed by atoms with E-state index in [0.29, 0.717) is 18.4 Å². The molecule has 2 aromatic carbocycles. The topological polar surface area (TPSA) is 110 Å². The number of hydrogen-bond acceptors (Lipinski definition) is 6. The van der Waals surface area contributed by atoms with Crippen molar-refractivity contribution in [2.45, 2.75) is 17.7 Å². The maximum Gasteiger partial charge on any atom is 0.337 e. The monoisotopic (exact) mass is 442 g/mol. The normalized spacial score (nSPS) is 14.2. The standard InChI is InChI=1S/C18H19FN2O6S2/c1-27-18(22)12-8-9-14(19)17(11-12)29(25,26)21-10-4-5-13-15(20-28(2,23)24)6-3-7-16(13)21/h3,6-9,11,20H,4-5,10H2,1-2H3. The van der Waals surface area contributed by atoms with E-state index in [1.807, 2.05) is 0 Å². The quantitative estimate of drug-likeness (QED) is 0.711. The van der Waals surface area contributed by atoms with Gasteiger partial charge in [0.2, 0.25) is 10.0 Å². The molecule has 0 saturated carbocycles. The lowest BCUT2D eigenvalue weighted by molar-refractivity contribution is 0.0600. The van der Waals surface area contributed by atoms with Crippen LogP contribution < -0.4 is 9.03 Å². The largest absolute Gasteiger partial charge is 0.465 e. The van der Waals surface area contributed by atoms with Gasteiger partial charge in [0, 0.05) is 12.1 Å². The molecule has 0 unspecified atom stereocenters. The van der Waals surface area contributed by atoms with Crippen molar-refractivity contribution in [2.75, 3.05) is 28.9 Å². The van der Waals surface area contributed by atoms with Crippen LogP contribution in [-0.4, -0.2) is 42.7 Å². The molecule has 0 aliphatic carbocycles. The van der Waals surface area contributed by atoms with Crippen LogP contribution in [0.3, 0.4) is 0 Å². The average Bonchev–Trinajstić information content (AvgIpc) is 2.66. The van der Waals surface area contributed by atoms with Gasteiger partial charge in [-0.15, -0.1) is 0 Å². The Morgan fingerprint density at radius 3 is 2.55 bits per heavy atom. The number of benzene rings is 2. The molecule has 0 aromatic heterocycles. The van der Waals surface area contributed by atoms with E-state index in [4.69, 9.17) is 0 Å². The zero-order chi connectivity index (χ0) is 21.4. The number of nitrogens with one attached hydrogen (secondary N) is 1. The van der Waals surface area contributed by atoms with Gasteiger partial charge in [-0.25, -0.2) is 26.0 Å². The van der Waals surface area contributed by atoms with Crippen molar-refractivity contribution in [1.29, 1.82) is 0 Å². The Balaban J connectivity index is 2.12. The van der Waals surface area contributed by atoms with Crippen molar-refractivity contribution in [3.05, 3.63) is 53.3 Å². The van der Waals surface area contributed by atoms with E-state index in [1.165, 1.54) is 18.2 Å². The second kappa shape index (κ2) is 7.64. The van der Waals surface area contributed by atoms with Crippen LogP contribution in [0, 0.1) is 5.82 Å². The molecule has 1 heterocycles. The Morgan fingerprint density at radius 1 is 1.17 bits per heavy atom. The average molecular weight is 442 g/mol.